The Balaban J connectivity index is 1.41. The largest absolute Gasteiger partial charge is 0.497 e. The minimum atomic E-state index is -0.526. The van der Waals surface area contributed by atoms with E-state index in [1.165, 1.54) is 36.2 Å². The third-order valence-corrected chi connectivity index (χ3v) is 5.46. The maximum absolute atomic E-state index is 12.9. The number of carbonyl (C=O) groups is 1. The number of hydrogen-bond acceptors (Lipinski definition) is 7. The quantitative estimate of drug-likeness (QED) is 0.269. The lowest BCUT2D eigenvalue weighted by atomic mass is 10.1. The van der Waals surface area contributed by atoms with Crippen molar-refractivity contribution < 1.29 is 18.9 Å². The predicted octanol–water partition coefficient (Wildman–Crippen LogP) is 5.16. The number of benzene rings is 3. The summed E-state index contributed by atoms with van der Waals surface area (Å²) in [6.07, 6.45) is 0. The van der Waals surface area contributed by atoms with Gasteiger partial charge in [0.2, 0.25) is 0 Å². The molecule has 1 amide bonds. The van der Waals surface area contributed by atoms with Crippen molar-refractivity contribution in [2.45, 2.75) is 6.92 Å². The molecule has 0 aliphatic rings. The number of ether oxygens (including phenoxy) is 1. The Morgan fingerprint density at radius 3 is 2.49 bits per heavy atom. The van der Waals surface area contributed by atoms with Gasteiger partial charge in [0.1, 0.15) is 22.5 Å². The van der Waals surface area contributed by atoms with Crippen LogP contribution in [0.2, 0.25) is 0 Å². The molecule has 5 aromatic rings. The molecule has 10 heteroatoms. The molecule has 35 heavy (non-hydrogen) atoms. The van der Waals surface area contributed by atoms with E-state index in [2.05, 4.69) is 15.5 Å². The molecular weight excluding hydrogens is 450 g/mol. The first kappa shape index (κ1) is 21.8. The molecule has 0 saturated carbocycles. The molecule has 0 atom stereocenters. The summed E-state index contributed by atoms with van der Waals surface area (Å²) in [4.78, 5) is 25.4. The van der Waals surface area contributed by atoms with Gasteiger partial charge in [0.05, 0.1) is 29.4 Å². The highest BCUT2D eigenvalue weighted by Gasteiger charge is 2.21. The Bertz CT molecular complexity index is 1570. The second kappa shape index (κ2) is 8.75. The van der Waals surface area contributed by atoms with Gasteiger partial charge in [0, 0.05) is 5.69 Å². The van der Waals surface area contributed by atoms with Crippen LogP contribution in [0.3, 0.4) is 0 Å². The van der Waals surface area contributed by atoms with E-state index in [-0.39, 0.29) is 22.8 Å². The third-order valence-electron chi connectivity index (χ3n) is 5.46. The minimum Gasteiger partial charge on any atom is -0.497 e. The van der Waals surface area contributed by atoms with E-state index in [1.807, 2.05) is 43.3 Å². The number of hydrogen-bond donors (Lipinski definition) is 1. The van der Waals surface area contributed by atoms with Gasteiger partial charge in [-0.3, -0.25) is 14.9 Å². The molecule has 3 aromatic carbocycles. The van der Waals surface area contributed by atoms with E-state index in [0.29, 0.717) is 22.5 Å². The first-order valence-electron chi connectivity index (χ1n) is 10.6. The molecule has 0 spiro atoms. The van der Waals surface area contributed by atoms with Crippen molar-refractivity contribution in [3.63, 3.8) is 0 Å². The lowest BCUT2D eigenvalue weighted by Gasteiger charge is -2.07. The fourth-order valence-corrected chi connectivity index (χ4v) is 3.67. The normalized spacial score (nSPS) is 10.9. The Morgan fingerprint density at radius 2 is 1.77 bits per heavy atom. The SMILES string of the molecule is COc1ccc(-c2ccc(C(=O)Nc3cc4nn(-c5ccccc5)nc4cc3C)o2)c([N+](=O)[O-])c1. The van der Waals surface area contributed by atoms with Crippen molar-refractivity contribution >= 4 is 28.3 Å². The number of aromatic nitrogens is 3. The number of aryl methyl sites for hydroxylation is 1. The van der Waals surface area contributed by atoms with Crippen LogP contribution in [-0.2, 0) is 0 Å². The second-order valence-corrected chi connectivity index (χ2v) is 7.74. The number of rotatable bonds is 6. The Hall–Kier alpha value is -4.99. The summed E-state index contributed by atoms with van der Waals surface area (Å²) in [7, 11) is 1.43. The van der Waals surface area contributed by atoms with E-state index < -0.39 is 10.8 Å². The van der Waals surface area contributed by atoms with Gasteiger partial charge < -0.3 is 14.5 Å². The average molecular weight is 469 g/mol. The molecule has 174 valence electrons. The number of nitrogens with zero attached hydrogens (tertiary/aromatic N) is 4. The Kier molecular flexibility index (Phi) is 5.46. The van der Waals surface area contributed by atoms with Crippen LogP contribution in [0, 0.1) is 17.0 Å². The molecule has 0 fully saturated rings. The van der Waals surface area contributed by atoms with E-state index >= 15 is 0 Å². The fourth-order valence-electron chi connectivity index (χ4n) is 3.67. The van der Waals surface area contributed by atoms with Gasteiger partial charge in [-0.25, -0.2) is 0 Å². The molecule has 1 N–H and O–H groups in total. The lowest BCUT2D eigenvalue weighted by molar-refractivity contribution is -0.384. The third kappa shape index (κ3) is 4.20. The summed E-state index contributed by atoms with van der Waals surface area (Å²) >= 11 is 0. The first-order valence-corrected chi connectivity index (χ1v) is 10.6. The van der Waals surface area contributed by atoms with E-state index in [4.69, 9.17) is 9.15 Å². The lowest BCUT2D eigenvalue weighted by Crippen LogP contribution is -2.11. The number of furan rings is 1. The zero-order valence-electron chi connectivity index (χ0n) is 18.8. The van der Waals surface area contributed by atoms with Gasteiger partial charge in [-0.15, -0.1) is 10.2 Å². The monoisotopic (exact) mass is 469 g/mol. The van der Waals surface area contributed by atoms with Gasteiger partial charge >= 0.3 is 0 Å². The maximum atomic E-state index is 12.9. The van der Waals surface area contributed by atoms with E-state index in [0.717, 1.165) is 11.3 Å². The van der Waals surface area contributed by atoms with Crippen LogP contribution in [0.25, 0.3) is 28.0 Å². The topological polar surface area (TPSA) is 125 Å². The van der Waals surface area contributed by atoms with Crippen molar-refractivity contribution in [2.75, 3.05) is 12.4 Å². The second-order valence-electron chi connectivity index (χ2n) is 7.74. The molecule has 0 radical (unpaired) electrons. The van der Waals surface area contributed by atoms with Crippen molar-refractivity contribution in [3.05, 3.63) is 94.2 Å². The van der Waals surface area contributed by atoms with Gasteiger partial charge in [0.15, 0.2) is 5.76 Å². The predicted molar refractivity (Wildman–Crippen MR) is 129 cm³/mol. The number of amides is 1. The Labute approximate surface area is 198 Å². The summed E-state index contributed by atoms with van der Waals surface area (Å²) in [5, 5.41) is 23.3. The molecule has 0 unspecified atom stereocenters. The molecule has 0 aliphatic heterocycles. The summed E-state index contributed by atoms with van der Waals surface area (Å²) in [6.45, 7) is 1.85. The maximum Gasteiger partial charge on any atom is 0.291 e. The zero-order valence-corrected chi connectivity index (χ0v) is 18.8. The molecule has 0 saturated heterocycles. The number of nitro groups is 1. The average Bonchev–Trinajstić information content (AvgIpc) is 3.52. The number of para-hydroxylation sites is 1. The van der Waals surface area contributed by atoms with Crippen LogP contribution in [0.5, 0.6) is 5.75 Å². The van der Waals surface area contributed by atoms with Crippen molar-refractivity contribution in [3.8, 4) is 22.8 Å². The summed E-state index contributed by atoms with van der Waals surface area (Å²) in [5.41, 5.74) is 3.53. The van der Waals surface area contributed by atoms with Crippen LogP contribution in [0.15, 0.2) is 77.2 Å². The highest BCUT2D eigenvalue weighted by molar-refractivity contribution is 6.04. The van der Waals surface area contributed by atoms with Crippen LogP contribution in [0.1, 0.15) is 16.1 Å². The summed E-state index contributed by atoms with van der Waals surface area (Å²) < 4.78 is 10.7. The van der Waals surface area contributed by atoms with Gasteiger partial charge in [0.25, 0.3) is 11.6 Å². The summed E-state index contributed by atoms with van der Waals surface area (Å²) in [6, 6.07) is 20.5. The van der Waals surface area contributed by atoms with Crippen LogP contribution in [-0.4, -0.2) is 32.9 Å². The van der Waals surface area contributed by atoms with E-state index in [9.17, 15) is 14.9 Å². The van der Waals surface area contributed by atoms with Crippen LogP contribution < -0.4 is 10.1 Å². The molecule has 2 heterocycles. The van der Waals surface area contributed by atoms with Gasteiger partial charge in [-0.05, 0) is 61.0 Å². The zero-order chi connectivity index (χ0) is 24.5. The first-order chi connectivity index (χ1) is 16.9. The number of nitro benzene ring substituents is 1. The van der Waals surface area contributed by atoms with Gasteiger partial charge in [-0.2, -0.15) is 4.80 Å². The molecular formula is C25H19N5O5. The molecule has 2 aromatic heterocycles. The highest BCUT2D eigenvalue weighted by atomic mass is 16.6. The Morgan fingerprint density at radius 1 is 1.03 bits per heavy atom. The van der Waals surface area contributed by atoms with Crippen LogP contribution in [0.4, 0.5) is 11.4 Å². The number of nitrogens with one attached hydrogen (secondary N) is 1. The molecule has 0 aliphatic carbocycles. The summed E-state index contributed by atoms with van der Waals surface area (Å²) in [5.74, 6) is 0.0605. The number of anilines is 1. The van der Waals surface area contributed by atoms with Gasteiger partial charge in [-0.1, -0.05) is 18.2 Å². The number of fused-ring (bicyclic) bond motifs is 1. The standard InChI is InChI=1S/C25H19N5O5/c1-15-12-20-21(28-29(27-20)16-6-4-3-5-7-16)14-19(15)26-25(31)24-11-10-23(35-24)18-9-8-17(34-2)13-22(18)30(32)33/h3-14H,1-2H3,(H,26,31). The molecule has 5 rings (SSSR count). The molecule has 0 bridgehead atoms. The minimum absolute atomic E-state index is 0.0116. The smallest absolute Gasteiger partial charge is 0.291 e. The van der Waals surface area contributed by atoms with Crippen molar-refractivity contribution in [2.24, 2.45) is 0 Å². The molecule has 10 nitrogen and oxygen atoms in total. The van der Waals surface area contributed by atoms with Crippen LogP contribution >= 0.6 is 0 Å². The van der Waals surface area contributed by atoms with Crippen molar-refractivity contribution in [1.82, 2.24) is 15.0 Å². The number of methoxy groups -OCH3 is 1. The van der Waals surface area contributed by atoms with E-state index in [1.54, 1.807) is 12.1 Å². The number of carbonyl (C=O) groups excluding carboxylic acids is 1. The van der Waals surface area contributed by atoms with Crippen molar-refractivity contribution in [1.29, 1.82) is 0 Å². The highest BCUT2D eigenvalue weighted by Crippen LogP contribution is 2.34. The fraction of sp³-hybridized carbons (Fsp3) is 0.0800.